The number of nitrogens with two attached hydrogens (primary N) is 1. The van der Waals surface area contributed by atoms with Gasteiger partial charge in [-0.2, -0.15) is 0 Å². The minimum Gasteiger partial charge on any atom is -0.487 e. The normalized spacial score (nSPS) is 10.5. The highest BCUT2D eigenvalue weighted by Gasteiger charge is 2.07. The van der Waals surface area contributed by atoms with E-state index in [0.717, 1.165) is 5.56 Å². The van der Waals surface area contributed by atoms with Gasteiger partial charge in [0, 0.05) is 6.07 Å². The maximum Gasteiger partial charge on any atom is 0.144 e. The highest BCUT2D eigenvalue weighted by Crippen LogP contribution is 2.33. The van der Waals surface area contributed by atoms with Crippen molar-refractivity contribution in [1.29, 1.82) is 0 Å². The molecular formula is C13H9Cl4NO. The Kier molecular flexibility index (Phi) is 4.69. The van der Waals surface area contributed by atoms with Crippen molar-refractivity contribution in [3.63, 3.8) is 0 Å². The van der Waals surface area contributed by atoms with Gasteiger partial charge in [-0.25, -0.2) is 0 Å². The Labute approximate surface area is 131 Å². The van der Waals surface area contributed by atoms with Crippen LogP contribution in [0.5, 0.6) is 5.75 Å². The van der Waals surface area contributed by atoms with Crippen LogP contribution in [0, 0.1) is 0 Å². The molecule has 2 N–H and O–H groups in total. The molecular weight excluding hydrogens is 328 g/mol. The molecule has 0 atom stereocenters. The van der Waals surface area contributed by atoms with E-state index in [0.29, 0.717) is 38.1 Å². The van der Waals surface area contributed by atoms with Crippen LogP contribution < -0.4 is 10.5 Å². The molecule has 0 aliphatic rings. The molecule has 0 heterocycles. The van der Waals surface area contributed by atoms with Crippen LogP contribution in [0.25, 0.3) is 0 Å². The maximum atomic E-state index is 5.92. The van der Waals surface area contributed by atoms with Gasteiger partial charge in [-0.05, 0) is 23.8 Å². The van der Waals surface area contributed by atoms with Crippen molar-refractivity contribution in [3.8, 4) is 5.75 Å². The molecule has 2 aromatic carbocycles. The number of halogens is 4. The molecule has 100 valence electrons. The highest BCUT2D eigenvalue weighted by atomic mass is 35.5. The minimum atomic E-state index is 0.305. The van der Waals surface area contributed by atoms with Gasteiger partial charge in [0.2, 0.25) is 0 Å². The summed E-state index contributed by atoms with van der Waals surface area (Å²) >= 11 is 23.5. The highest BCUT2D eigenvalue weighted by molar-refractivity contribution is 6.42. The van der Waals surface area contributed by atoms with Crippen molar-refractivity contribution in [2.75, 3.05) is 5.73 Å². The SMILES string of the molecule is Nc1cc(Cl)c(Cl)cc1OCc1ccc(Cl)c(Cl)c1. The first-order chi connectivity index (χ1) is 8.97. The van der Waals surface area contributed by atoms with E-state index in [1.807, 2.05) is 6.07 Å². The van der Waals surface area contributed by atoms with Gasteiger partial charge in [0.15, 0.2) is 0 Å². The summed E-state index contributed by atoms with van der Waals surface area (Å²) in [5.74, 6) is 0.473. The van der Waals surface area contributed by atoms with Crippen LogP contribution >= 0.6 is 46.4 Å². The minimum absolute atomic E-state index is 0.305. The topological polar surface area (TPSA) is 35.2 Å². The first-order valence-electron chi connectivity index (χ1n) is 5.28. The van der Waals surface area contributed by atoms with Crippen LogP contribution in [0.1, 0.15) is 5.56 Å². The van der Waals surface area contributed by atoms with Gasteiger partial charge in [0.25, 0.3) is 0 Å². The number of anilines is 1. The van der Waals surface area contributed by atoms with Crippen molar-refractivity contribution in [1.82, 2.24) is 0 Å². The third-order valence-corrected chi connectivity index (χ3v) is 3.89. The van der Waals surface area contributed by atoms with E-state index in [1.54, 1.807) is 24.3 Å². The van der Waals surface area contributed by atoms with Crippen LogP contribution in [-0.2, 0) is 6.61 Å². The zero-order chi connectivity index (χ0) is 14.0. The Morgan fingerprint density at radius 2 is 1.47 bits per heavy atom. The molecule has 0 aliphatic carbocycles. The molecule has 19 heavy (non-hydrogen) atoms. The van der Waals surface area contributed by atoms with E-state index < -0.39 is 0 Å². The lowest BCUT2D eigenvalue weighted by molar-refractivity contribution is 0.308. The summed E-state index contributed by atoms with van der Waals surface area (Å²) in [4.78, 5) is 0. The first kappa shape index (κ1) is 14.6. The molecule has 2 aromatic rings. The quantitative estimate of drug-likeness (QED) is 0.755. The van der Waals surface area contributed by atoms with Gasteiger partial charge in [0.1, 0.15) is 12.4 Å². The third-order valence-electron chi connectivity index (χ3n) is 2.43. The lowest BCUT2D eigenvalue weighted by Crippen LogP contribution is -1.99. The predicted molar refractivity (Wildman–Crippen MR) is 81.7 cm³/mol. The van der Waals surface area contributed by atoms with E-state index >= 15 is 0 Å². The summed E-state index contributed by atoms with van der Waals surface area (Å²) in [5.41, 5.74) is 7.09. The summed E-state index contributed by atoms with van der Waals surface area (Å²) in [6, 6.07) is 8.39. The van der Waals surface area contributed by atoms with E-state index in [-0.39, 0.29) is 0 Å². The van der Waals surface area contributed by atoms with Crippen molar-refractivity contribution in [2.24, 2.45) is 0 Å². The molecule has 0 spiro atoms. The van der Waals surface area contributed by atoms with E-state index in [4.69, 9.17) is 56.9 Å². The molecule has 0 amide bonds. The summed E-state index contributed by atoms with van der Waals surface area (Å²) < 4.78 is 5.58. The van der Waals surface area contributed by atoms with Gasteiger partial charge in [-0.1, -0.05) is 52.5 Å². The molecule has 2 nitrogen and oxygen atoms in total. The summed E-state index contributed by atoms with van der Waals surface area (Å²) in [6.07, 6.45) is 0. The van der Waals surface area contributed by atoms with Crippen LogP contribution in [0.15, 0.2) is 30.3 Å². The summed E-state index contributed by atoms with van der Waals surface area (Å²) in [7, 11) is 0. The third kappa shape index (κ3) is 3.61. The summed E-state index contributed by atoms with van der Waals surface area (Å²) in [5, 5.41) is 1.76. The second kappa shape index (κ2) is 6.10. The van der Waals surface area contributed by atoms with Crippen LogP contribution in [-0.4, -0.2) is 0 Å². The van der Waals surface area contributed by atoms with Gasteiger partial charge in [0.05, 0.1) is 25.8 Å². The van der Waals surface area contributed by atoms with Crippen molar-refractivity contribution in [2.45, 2.75) is 6.61 Å². The predicted octanol–water partition coefficient (Wildman–Crippen LogP) is 5.46. The number of benzene rings is 2. The first-order valence-corrected chi connectivity index (χ1v) is 6.80. The van der Waals surface area contributed by atoms with Gasteiger partial charge in [-0.3, -0.25) is 0 Å². The largest absolute Gasteiger partial charge is 0.487 e. The van der Waals surface area contributed by atoms with Crippen molar-refractivity contribution in [3.05, 3.63) is 56.0 Å². The zero-order valence-electron chi connectivity index (χ0n) is 9.59. The Hall–Kier alpha value is -0.800. The molecule has 0 fully saturated rings. The standard InChI is InChI=1S/C13H9Cl4NO/c14-8-2-1-7(3-9(8)15)6-19-13-5-11(17)10(16)4-12(13)18/h1-5H,6,18H2. The second-order valence-electron chi connectivity index (χ2n) is 3.84. The molecule has 0 radical (unpaired) electrons. The van der Waals surface area contributed by atoms with Crippen LogP contribution in [0.2, 0.25) is 20.1 Å². The van der Waals surface area contributed by atoms with Crippen LogP contribution in [0.4, 0.5) is 5.69 Å². The molecule has 0 aromatic heterocycles. The lowest BCUT2D eigenvalue weighted by atomic mass is 10.2. The van der Waals surface area contributed by atoms with Crippen LogP contribution in [0.3, 0.4) is 0 Å². The molecule has 0 saturated carbocycles. The number of rotatable bonds is 3. The maximum absolute atomic E-state index is 5.92. The van der Waals surface area contributed by atoms with E-state index in [1.165, 1.54) is 0 Å². The van der Waals surface area contributed by atoms with E-state index in [2.05, 4.69) is 0 Å². The fourth-order valence-corrected chi connectivity index (χ4v) is 2.11. The zero-order valence-corrected chi connectivity index (χ0v) is 12.6. The average molecular weight is 337 g/mol. The lowest BCUT2D eigenvalue weighted by Gasteiger charge is -2.10. The molecule has 2 rings (SSSR count). The molecule has 0 bridgehead atoms. The Balaban J connectivity index is 2.14. The molecule has 0 aliphatic heterocycles. The number of hydrogen-bond acceptors (Lipinski definition) is 2. The van der Waals surface area contributed by atoms with Crippen molar-refractivity contribution >= 4 is 52.1 Å². The number of nitrogen functional groups attached to an aromatic ring is 1. The fourth-order valence-electron chi connectivity index (χ4n) is 1.46. The Bertz CT molecular complexity index is 616. The smallest absolute Gasteiger partial charge is 0.144 e. The average Bonchev–Trinajstić information content (AvgIpc) is 2.36. The van der Waals surface area contributed by atoms with Gasteiger partial charge < -0.3 is 10.5 Å². The molecule has 0 unspecified atom stereocenters. The monoisotopic (exact) mass is 335 g/mol. The number of ether oxygens (including phenoxy) is 1. The Morgan fingerprint density at radius 3 is 2.16 bits per heavy atom. The number of hydrogen-bond donors (Lipinski definition) is 1. The molecule has 6 heteroatoms. The Morgan fingerprint density at radius 1 is 0.842 bits per heavy atom. The second-order valence-corrected chi connectivity index (χ2v) is 5.47. The van der Waals surface area contributed by atoms with Gasteiger partial charge in [-0.15, -0.1) is 0 Å². The fraction of sp³-hybridized carbons (Fsp3) is 0.0769. The van der Waals surface area contributed by atoms with Crippen molar-refractivity contribution < 1.29 is 4.74 Å². The van der Waals surface area contributed by atoms with Gasteiger partial charge >= 0.3 is 0 Å². The summed E-state index contributed by atoms with van der Waals surface area (Å²) in [6.45, 7) is 0.305. The van der Waals surface area contributed by atoms with E-state index in [9.17, 15) is 0 Å². The molecule has 0 saturated heterocycles.